The second kappa shape index (κ2) is 40.6. The summed E-state index contributed by atoms with van der Waals surface area (Å²) in [7, 11) is 0. The highest BCUT2D eigenvalue weighted by Crippen LogP contribution is 2.25. The molecule has 1 aliphatic rings. The van der Waals surface area contributed by atoms with Crippen molar-refractivity contribution in [1.29, 1.82) is 0 Å². The summed E-state index contributed by atoms with van der Waals surface area (Å²) in [6.07, 6.45) is 41.3. The summed E-state index contributed by atoms with van der Waals surface area (Å²) in [6.45, 7) is 15.4. The van der Waals surface area contributed by atoms with Crippen LogP contribution in [0.4, 0.5) is 0 Å². The Morgan fingerprint density at radius 3 is 1.14 bits per heavy atom. The summed E-state index contributed by atoms with van der Waals surface area (Å²) in [6, 6.07) is 0. The Morgan fingerprint density at radius 2 is 0.750 bits per heavy atom. The lowest BCUT2D eigenvalue weighted by Gasteiger charge is -2.27. The lowest BCUT2D eigenvalue weighted by atomic mass is 9.90. The fourth-order valence-electron chi connectivity index (χ4n) is 8.74. The van der Waals surface area contributed by atoms with Crippen LogP contribution in [0.1, 0.15) is 246 Å². The van der Waals surface area contributed by atoms with E-state index in [0.29, 0.717) is 37.9 Å². The van der Waals surface area contributed by atoms with E-state index in [1.54, 1.807) is 0 Å². The summed E-state index contributed by atoms with van der Waals surface area (Å²) in [5.74, 6) is 1.96. The summed E-state index contributed by atoms with van der Waals surface area (Å²) in [4.78, 5) is 27.7. The average Bonchev–Trinajstić information content (AvgIpc) is 3.19. The van der Waals surface area contributed by atoms with Crippen molar-refractivity contribution in [1.82, 2.24) is 4.90 Å². The van der Waals surface area contributed by atoms with Gasteiger partial charge >= 0.3 is 11.9 Å². The molecule has 0 aromatic carbocycles. The van der Waals surface area contributed by atoms with Crippen LogP contribution >= 0.6 is 0 Å². The molecule has 0 atom stereocenters. The number of ether oxygens (including phenoxy) is 3. The smallest absolute Gasteiger partial charge is 0.306 e. The number of morpholine rings is 1. The third kappa shape index (κ3) is 33.8. The van der Waals surface area contributed by atoms with E-state index in [1.807, 2.05) is 0 Å². The van der Waals surface area contributed by atoms with Gasteiger partial charge in [-0.1, -0.05) is 182 Å². The van der Waals surface area contributed by atoms with E-state index < -0.39 is 0 Å². The van der Waals surface area contributed by atoms with Crippen LogP contribution in [-0.4, -0.2) is 62.9 Å². The molecular formula is C50H97NO5. The van der Waals surface area contributed by atoms with Gasteiger partial charge in [-0.15, -0.1) is 0 Å². The van der Waals surface area contributed by atoms with Crippen molar-refractivity contribution in [2.75, 3.05) is 46.1 Å². The Hall–Kier alpha value is -1.14. The van der Waals surface area contributed by atoms with Gasteiger partial charge in [0.25, 0.3) is 0 Å². The molecule has 1 fully saturated rings. The lowest BCUT2D eigenvalue weighted by Crippen LogP contribution is -2.36. The minimum absolute atomic E-state index is 0.0371. The lowest BCUT2D eigenvalue weighted by molar-refractivity contribution is -0.146. The Morgan fingerprint density at radius 1 is 0.429 bits per heavy atom. The molecule has 0 amide bonds. The molecule has 0 aliphatic carbocycles. The van der Waals surface area contributed by atoms with Crippen LogP contribution in [0.25, 0.3) is 0 Å². The van der Waals surface area contributed by atoms with E-state index >= 15 is 0 Å². The van der Waals surface area contributed by atoms with E-state index in [9.17, 15) is 9.59 Å². The average molecular weight is 792 g/mol. The van der Waals surface area contributed by atoms with Gasteiger partial charge in [0.15, 0.2) is 0 Å². The quantitative estimate of drug-likeness (QED) is 0.0453. The predicted molar refractivity (Wildman–Crippen MR) is 239 cm³/mol. The summed E-state index contributed by atoms with van der Waals surface area (Å²) in [5, 5.41) is 0. The molecule has 6 heteroatoms. The van der Waals surface area contributed by atoms with E-state index in [4.69, 9.17) is 14.2 Å². The molecule has 6 nitrogen and oxygen atoms in total. The largest absolute Gasteiger partial charge is 0.466 e. The predicted octanol–water partition coefficient (Wildman–Crippen LogP) is 14.6. The van der Waals surface area contributed by atoms with E-state index in [2.05, 4.69) is 32.6 Å². The van der Waals surface area contributed by atoms with Crippen molar-refractivity contribution in [2.45, 2.75) is 246 Å². The first-order valence-corrected chi connectivity index (χ1v) is 25.1. The molecule has 0 saturated carbocycles. The van der Waals surface area contributed by atoms with E-state index in [-0.39, 0.29) is 11.9 Å². The second-order valence-corrected chi connectivity index (χ2v) is 17.8. The zero-order valence-corrected chi connectivity index (χ0v) is 38.2. The maximum absolute atomic E-state index is 12.5. The summed E-state index contributed by atoms with van der Waals surface area (Å²) >= 11 is 0. The molecule has 1 rings (SSSR count). The number of esters is 2. The molecule has 56 heavy (non-hydrogen) atoms. The van der Waals surface area contributed by atoms with Gasteiger partial charge in [0.1, 0.15) is 0 Å². The Kier molecular flexibility index (Phi) is 38.4. The third-order valence-corrected chi connectivity index (χ3v) is 12.5. The first-order chi connectivity index (χ1) is 27.5. The summed E-state index contributed by atoms with van der Waals surface area (Å²) < 4.78 is 16.9. The fourth-order valence-corrected chi connectivity index (χ4v) is 8.74. The molecule has 1 saturated heterocycles. The maximum Gasteiger partial charge on any atom is 0.306 e. The third-order valence-electron chi connectivity index (χ3n) is 12.5. The highest BCUT2D eigenvalue weighted by molar-refractivity contribution is 5.70. The van der Waals surface area contributed by atoms with E-state index in [1.165, 1.54) is 199 Å². The van der Waals surface area contributed by atoms with Gasteiger partial charge in [0.2, 0.25) is 0 Å². The van der Waals surface area contributed by atoms with Gasteiger partial charge in [-0.05, 0) is 75.7 Å². The van der Waals surface area contributed by atoms with Crippen molar-refractivity contribution in [2.24, 2.45) is 17.8 Å². The number of carbonyl (C=O) groups excluding carboxylic acids is 2. The highest BCUT2D eigenvalue weighted by Gasteiger charge is 2.17. The van der Waals surface area contributed by atoms with Crippen molar-refractivity contribution in [3.63, 3.8) is 0 Å². The Bertz CT molecular complexity index is 769. The van der Waals surface area contributed by atoms with Gasteiger partial charge in [0.05, 0.1) is 26.4 Å². The van der Waals surface area contributed by atoms with Crippen molar-refractivity contribution in [3.8, 4) is 0 Å². The molecule has 1 heterocycles. The Balaban J connectivity index is 2.22. The van der Waals surface area contributed by atoms with Crippen LogP contribution in [0, 0.1) is 17.8 Å². The monoisotopic (exact) mass is 792 g/mol. The van der Waals surface area contributed by atoms with Crippen LogP contribution in [0.3, 0.4) is 0 Å². The number of rotatable bonds is 42. The number of hydrogen-bond acceptors (Lipinski definition) is 6. The van der Waals surface area contributed by atoms with Crippen LogP contribution < -0.4 is 0 Å². The van der Waals surface area contributed by atoms with Gasteiger partial charge in [0, 0.05) is 25.9 Å². The SMILES string of the molecule is CCCCCC(CCCCC)CC(=O)OCCCCCCCCC(CCCCCCCCOC(=O)CC(CCCCC)CCCCC)CCCN1CCOCC1. The molecule has 0 N–H and O–H groups in total. The van der Waals surface area contributed by atoms with Crippen LogP contribution in [0.5, 0.6) is 0 Å². The minimum atomic E-state index is 0.0371. The number of nitrogens with zero attached hydrogens (tertiary/aromatic N) is 1. The molecule has 0 spiro atoms. The standard InChI is InChI=1S/C50H97NO5/c1-5-9-21-32-47(33-22-10-6-2)44-49(52)55-40-27-19-15-13-17-25-30-46(36-29-37-51-38-42-54-43-39-51)31-26-18-14-16-20-28-41-56-50(53)45-48(34-23-11-7-3)35-24-12-8-4/h46-48H,5-45H2,1-4H3. The van der Waals surface area contributed by atoms with Gasteiger partial charge < -0.3 is 14.2 Å². The molecule has 0 radical (unpaired) electrons. The number of carbonyl (C=O) groups is 2. The first kappa shape index (κ1) is 52.9. The molecule has 0 aromatic heterocycles. The Labute approximate surface area is 349 Å². The summed E-state index contributed by atoms with van der Waals surface area (Å²) in [5.41, 5.74) is 0. The van der Waals surface area contributed by atoms with Crippen LogP contribution in [0.2, 0.25) is 0 Å². The molecule has 332 valence electrons. The van der Waals surface area contributed by atoms with Crippen molar-refractivity contribution < 1.29 is 23.8 Å². The second-order valence-electron chi connectivity index (χ2n) is 17.8. The first-order valence-electron chi connectivity index (χ1n) is 25.1. The normalized spacial score (nSPS) is 13.7. The molecule has 0 aromatic rings. The fraction of sp³-hybridized carbons (Fsp3) is 0.960. The zero-order valence-electron chi connectivity index (χ0n) is 38.2. The maximum atomic E-state index is 12.5. The van der Waals surface area contributed by atoms with Crippen LogP contribution in [-0.2, 0) is 23.8 Å². The number of hydrogen-bond donors (Lipinski definition) is 0. The van der Waals surface area contributed by atoms with Gasteiger partial charge in [-0.3, -0.25) is 14.5 Å². The molecule has 0 unspecified atom stereocenters. The van der Waals surface area contributed by atoms with Gasteiger partial charge in [-0.2, -0.15) is 0 Å². The highest BCUT2D eigenvalue weighted by atomic mass is 16.5. The van der Waals surface area contributed by atoms with Crippen LogP contribution in [0.15, 0.2) is 0 Å². The van der Waals surface area contributed by atoms with Crippen molar-refractivity contribution in [3.05, 3.63) is 0 Å². The molecular weight excluding hydrogens is 695 g/mol. The number of unbranched alkanes of at least 4 members (excludes halogenated alkanes) is 18. The van der Waals surface area contributed by atoms with Gasteiger partial charge in [-0.25, -0.2) is 0 Å². The molecule has 1 aliphatic heterocycles. The van der Waals surface area contributed by atoms with Crippen molar-refractivity contribution >= 4 is 11.9 Å². The van der Waals surface area contributed by atoms with E-state index in [0.717, 1.165) is 45.1 Å². The minimum Gasteiger partial charge on any atom is -0.466 e. The molecule has 0 bridgehead atoms. The zero-order chi connectivity index (χ0) is 40.6. The topological polar surface area (TPSA) is 65.1 Å².